The topological polar surface area (TPSA) is 136 Å². The van der Waals surface area contributed by atoms with Crippen LogP contribution in [0.2, 0.25) is 0 Å². The second kappa shape index (κ2) is 9.67. The van der Waals surface area contributed by atoms with Gasteiger partial charge < -0.3 is 9.80 Å². The van der Waals surface area contributed by atoms with E-state index in [0.29, 0.717) is 58.9 Å². The summed E-state index contributed by atoms with van der Waals surface area (Å²) in [5.74, 6) is -2.60. The van der Waals surface area contributed by atoms with Crippen molar-refractivity contribution in [3.05, 3.63) is 47.5 Å². The Bertz CT molecular complexity index is 1640. The number of piperidine rings is 2. The van der Waals surface area contributed by atoms with Crippen LogP contribution in [0.5, 0.6) is 0 Å². The Labute approximate surface area is 231 Å². The summed E-state index contributed by atoms with van der Waals surface area (Å²) in [4.78, 5) is 40.4. The van der Waals surface area contributed by atoms with E-state index in [0.717, 1.165) is 12.8 Å². The Balaban J connectivity index is 0.000000135. The molecule has 0 radical (unpaired) electrons. The first-order valence-electron chi connectivity index (χ1n) is 13.8. The molecular weight excluding hydrogens is 538 g/mol. The maximum absolute atomic E-state index is 13.6. The van der Waals surface area contributed by atoms with E-state index in [2.05, 4.69) is 29.9 Å². The fourth-order valence-electron chi connectivity index (χ4n) is 6.90. The molecule has 4 aromatic rings. The Morgan fingerprint density at radius 1 is 0.683 bits per heavy atom. The summed E-state index contributed by atoms with van der Waals surface area (Å²) >= 11 is 0. The molecule has 2 aromatic carbocycles. The molecule has 4 bridgehead atoms. The lowest BCUT2D eigenvalue weighted by Gasteiger charge is -2.38. The number of rotatable bonds is 2. The quantitative estimate of drug-likeness (QED) is 0.351. The molecule has 0 N–H and O–H groups in total. The molecule has 4 fully saturated rings. The number of ketones is 1. The molecule has 11 nitrogen and oxygen atoms in total. The van der Waals surface area contributed by atoms with Gasteiger partial charge in [0, 0.05) is 61.0 Å². The molecular formula is C28H26F2N6O5. The van der Waals surface area contributed by atoms with Gasteiger partial charge in [0.25, 0.3) is 17.7 Å². The molecule has 0 aliphatic carbocycles. The lowest BCUT2D eigenvalue weighted by atomic mass is 9.97. The van der Waals surface area contributed by atoms with Gasteiger partial charge in [-0.15, -0.1) is 0 Å². The average Bonchev–Trinajstić information content (AvgIpc) is 3.72. The van der Waals surface area contributed by atoms with Gasteiger partial charge in [-0.2, -0.15) is 0 Å². The van der Waals surface area contributed by atoms with Crippen LogP contribution in [0.15, 0.2) is 45.7 Å². The maximum Gasteiger partial charge on any atom is 0.254 e. The highest BCUT2D eigenvalue weighted by Gasteiger charge is 2.51. The van der Waals surface area contributed by atoms with Gasteiger partial charge in [0.2, 0.25) is 0 Å². The van der Waals surface area contributed by atoms with Crippen molar-refractivity contribution < 1.29 is 32.4 Å². The zero-order chi connectivity index (χ0) is 28.3. The normalized spacial score (nSPS) is 26.3. The van der Waals surface area contributed by atoms with Crippen molar-refractivity contribution in [2.45, 2.75) is 81.5 Å². The highest BCUT2D eigenvalue weighted by Crippen LogP contribution is 2.44. The van der Waals surface area contributed by atoms with Crippen LogP contribution in [-0.4, -0.2) is 78.1 Å². The zero-order valence-electron chi connectivity index (χ0n) is 21.9. The molecule has 8 rings (SSSR count). The van der Waals surface area contributed by atoms with Crippen LogP contribution < -0.4 is 0 Å². The minimum Gasteiger partial charge on any atom is -0.332 e. The highest BCUT2D eigenvalue weighted by atomic mass is 19.3. The van der Waals surface area contributed by atoms with Crippen LogP contribution in [0.3, 0.4) is 0 Å². The van der Waals surface area contributed by atoms with Crippen molar-refractivity contribution in [1.82, 2.24) is 30.4 Å². The minimum atomic E-state index is -2.65. The fourth-order valence-corrected chi connectivity index (χ4v) is 6.90. The number of halogens is 2. The van der Waals surface area contributed by atoms with Gasteiger partial charge in [0.15, 0.2) is 0 Å². The Hall–Kier alpha value is -4.29. The third-order valence-electron chi connectivity index (χ3n) is 8.71. The number of hydrogen-bond donors (Lipinski definition) is 0. The fraction of sp³-hybridized carbons (Fsp3) is 0.464. The Kier molecular flexibility index (Phi) is 6.05. The first-order chi connectivity index (χ1) is 19.8. The van der Waals surface area contributed by atoms with E-state index in [1.807, 2.05) is 4.90 Å². The zero-order valence-corrected chi connectivity index (χ0v) is 21.9. The number of alkyl halides is 2. The van der Waals surface area contributed by atoms with Crippen molar-refractivity contribution in [1.29, 1.82) is 0 Å². The summed E-state index contributed by atoms with van der Waals surface area (Å²) in [6, 6.07) is 9.47. The SMILES string of the molecule is O=C(c1ccc2nonc2c1)N1C2CCC1CC(F)(F)C2.O=C1CC2CCC(C1)N2C(=O)c1ccc2nonc2c1. The first kappa shape index (κ1) is 25.7. The molecule has 4 aliphatic heterocycles. The lowest BCUT2D eigenvalue weighted by molar-refractivity contribution is -0.122. The number of amides is 2. The van der Waals surface area contributed by atoms with E-state index in [9.17, 15) is 23.2 Å². The molecule has 2 aromatic heterocycles. The standard InChI is InChI=1S/C14H13F2N3O2.C14H13N3O3/c15-14(16)6-9-2-3-10(7-14)19(9)13(20)8-1-4-11-12(5-8)18-21-17-11;18-11-6-9-2-3-10(7-11)17(9)14(19)8-1-4-12-13(5-8)16-20-15-12/h1,4-5,9-10H,2-3,6-7H2;1,4-5,9-10H,2-3,6-7H2. The van der Waals surface area contributed by atoms with Crippen LogP contribution >= 0.6 is 0 Å². The molecule has 2 amide bonds. The summed E-state index contributed by atoms with van der Waals surface area (Å²) in [5, 5.41) is 14.9. The summed E-state index contributed by atoms with van der Waals surface area (Å²) < 4.78 is 36.4. The molecule has 6 heterocycles. The number of fused-ring (bicyclic) bond motifs is 6. The molecule has 41 heavy (non-hydrogen) atoms. The smallest absolute Gasteiger partial charge is 0.254 e. The van der Waals surface area contributed by atoms with Crippen molar-refractivity contribution in [2.75, 3.05) is 0 Å². The number of carbonyl (C=O) groups is 3. The summed E-state index contributed by atoms with van der Waals surface area (Å²) in [6.07, 6.45) is 3.68. The Morgan fingerprint density at radius 3 is 1.59 bits per heavy atom. The van der Waals surface area contributed by atoms with E-state index >= 15 is 0 Å². The Morgan fingerprint density at radius 2 is 1.10 bits per heavy atom. The molecule has 13 heteroatoms. The largest absolute Gasteiger partial charge is 0.332 e. The molecule has 4 saturated heterocycles. The number of Topliss-reactive ketones (excluding diaryl/α,β-unsaturated/α-hetero) is 1. The number of aromatic nitrogens is 4. The van der Waals surface area contributed by atoms with Crippen molar-refractivity contribution >= 4 is 39.7 Å². The summed E-state index contributed by atoms with van der Waals surface area (Å²) in [7, 11) is 0. The third kappa shape index (κ3) is 4.62. The van der Waals surface area contributed by atoms with E-state index in [1.165, 1.54) is 0 Å². The number of benzene rings is 2. The van der Waals surface area contributed by atoms with E-state index < -0.39 is 5.92 Å². The lowest BCUT2D eigenvalue weighted by Crippen LogP contribution is -2.50. The van der Waals surface area contributed by atoms with Gasteiger partial charge in [-0.3, -0.25) is 14.4 Å². The molecule has 4 unspecified atom stereocenters. The van der Waals surface area contributed by atoms with Gasteiger partial charge in [-0.1, -0.05) is 0 Å². The maximum atomic E-state index is 13.6. The van der Waals surface area contributed by atoms with Crippen LogP contribution in [0.25, 0.3) is 22.1 Å². The van der Waals surface area contributed by atoms with Crippen LogP contribution in [0, 0.1) is 0 Å². The molecule has 4 aliphatic rings. The van der Waals surface area contributed by atoms with Gasteiger partial charge >= 0.3 is 0 Å². The van der Waals surface area contributed by atoms with E-state index in [4.69, 9.17) is 0 Å². The van der Waals surface area contributed by atoms with Gasteiger partial charge in [-0.25, -0.2) is 18.0 Å². The molecule has 0 saturated carbocycles. The van der Waals surface area contributed by atoms with Crippen molar-refractivity contribution in [2.24, 2.45) is 0 Å². The number of nitrogens with zero attached hydrogens (tertiary/aromatic N) is 6. The summed E-state index contributed by atoms with van der Waals surface area (Å²) in [5.41, 5.74) is 3.31. The summed E-state index contributed by atoms with van der Waals surface area (Å²) in [6.45, 7) is 0. The second-order valence-corrected chi connectivity index (χ2v) is 11.3. The van der Waals surface area contributed by atoms with Gasteiger partial charge in [0.05, 0.1) is 0 Å². The first-order valence-corrected chi connectivity index (χ1v) is 13.8. The molecule has 4 atom stereocenters. The predicted molar refractivity (Wildman–Crippen MR) is 138 cm³/mol. The van der Waals surface area contributed by atoms with Crippen LogP contribution in [-0.2, 0) is 4.79 Å². The van der Waals surface area contributed by atoms with Gasteiger partial charge in [0.1, 0.15) is 27.9 Å². The minimum absolute atomic E-state index is 0.0186. The van der Waals surface area contributed by atoms with E-state index in [-0.39, 0.29) is 54.6 Å². The molecule has 0 spiro atoms. The third-order valence-corrected chi connectivity index (χ3v) is 8.71. The van der Waals surface area contributed by atoms with E-state index in [1.54, 1.807) is 41.3 Å². The van der Waals surface area contributed by atoms with Crippen molar-refractivity contribution in [3.63, 3.8) is 0 Å². The second-order valence-electron chi connectivity index (χ2n) is 11.3. The monoisotopic (exact) mass is 564 g/mol. The predicted octanol–water partition coefficient (Wildman–Crippen LogP) is 4.18. The van der Waals surface area contributed by atoms with Crippen LogP contribution in [0.4, 0.5) is 8.78 Å². The number of hydrogen-bond acceptors (Lipinski definition) is 9. The van der Waals surface area contributed by atoms with Crippen LogP contribution in [0.1, 0.15) is 72.1 Å². The average molecular weight is 565 g/mol. The highest BCUT2D eigenvalue weighted by molar-refractivity contribution is 5.99. The number of carbonyl (C=O) groups excluding carboxylic acids is 3. The molecule has 212 valence electrons. The van der Waals surface area contributed by atoms with Crippen molar-refractivity contribution in [3.8, 4) is 0 Å². The van der Waals surface area contributed by atoms with Gasteiger partial charge in [-0.05, 0) is 82.7 Å².